The highest BCUT2D eigenvalue weighted by molar-refractivity contribution is 7.80. The number of aromatic nitrogens is 1. The van der Waals surface area contributed by atoms with Crippen LogP contribution in [0.4, 0.5) is 5.69 Å². The number of benzene rings is 5. The molecule has 302 valence electrons. The van der Waals surface area contributed by atoms with Gasteiger partial charge in [-0.1, -0.05) is 72.5 Å². The summed E-state index contributed by atoms with van der Waals surface area (Å²) < 4.78 is 11.1. The van der Waals surface area contributed by atoms with Gasteiger partial charge in [-0.15, -0.1) is 24.0 Å². The van der Waals surface area contributed by atoms with E-state index >= 15 is 0 Å². The Bertz CT molecular complexity index is 2410. The minimum Gasteiger partial charge on any atom is -0.508 e. The Kier molecular flexibility index (Phi) is 17.7. The molecule has 1 aliphatic rings. The third kappa shape index (κ3) is 12.8. The molecule has 2 aromatic heterocycles. The van der Waals surface area contributed by atoms with Gasteiger partial charge in [-0.2, -0.15) is 0 Å². The van der Waals surface area contributed by atoms with Gasteiger partial charge in [0.05, 0.1) is 21.6 Å². The fraction of sp³-hybridized carbons (Fsp3) is 0.222. The molecule has 57 heavy (non-hydrogen) atoms. The number of nitrogen functional groups attached to an aromatic ring is 1. The van der Waals surface area contributed by atoms with E-state index in [0.717, 1.165) is 49.6 Å². The molecule has 10 nitrogen and oxygen atoms in total. The van der Waals surface area contributed by atoms with Crippen LogP contribution in [0.5, 0.6) is 28.7 Å². The number of phenols is 4. The molecular formula is C45H52N2O8S2. The van der Waals surface area contributed by atoms with Gasteiger partial charge in [0, 0.05) is 46.7 Å². The number of anilines is 1. The van der Waals surface area contributed by atoms with E-state index in [1.54, 1.807) is 47.7 Å². The lowest BCUT2D eigenvalue weighted by atomic mass is 9.95. The maximum atomic E-state index is 11.0. The molecule has 1 aliphatic heterocycles. The Balaban J connectivity index is 0.000000270. The summed E-state index contributed by atoms with van der Waals surface area (Å²) in [5.41, 5.74) is 9.90. The molecule has 0 saturated heterocycles. The van der Waals surface area contributed by atoms with Crippen LogP contribution in [0.2, 0.25) is 0 Å². The number of aromatic hydroxyl groups is 4. The van der Waals surface area contributed by atoms with Gasteiger partial charge >= 0.3 is 11.6 Å². The molecule has 0 spiro atoms. The molecule has 3 heterocycles. The van der Waals surface area contributed by atoms with Crippen LogP contribution in [0, 0.1) is 6.92 Å². The van der Waals surface area contributed by atoms with Crippen molar-refractivity contribution in [3.8, 4) is 28.7 Å². The maximum absolute atomic E-state index is 11.0. The van der Waals surface area contributed by atoms with Crippen molar-refractivity contribution in [2.45, 2.75) is 72.6 Å². The van der Waals surface area contributed by atoms with Gasteiger partial charge in [-0.3, -0.25) is 4.79 Å². The number of aryl methyl sites for hydroxylation is 1. The Hall–Kier alpha value is -5.98. The number of hydrogen-bond donors (Lipinski definition) is 6. The Morgan fingerprint density at radius 1 is 0.842 bits per heavy atom. The maximum Gasteiger partial charge on any atom is 0.336 e. The lowest BCUT2D eigenvalue weighted by Crippen LogP contribution is -2.18. The van der Waals surface area contributed by atoms with Gasteiger partial charge < -0.3 is 35.3 Å². The van der Waals surface area contributed by atoms with Crippen molar-refractivity contribution in [2.75, 3.05) is 5.73 Å². The largest absolute Gasteiger partial charge is 0.508 e. The molecule has 8 rings (SSSR count). The second-order valence-corrected chi connectivity index (χ2v) is 14.3. The van der Waals surface area contributed by atoms with Crippen molar-refractivity contribution >= 4 is 56.8 Å². The van der Waals surface area contributed by atoms with Crippen LogP contribution in [0.3, 0.4) is 0 Å². The number of nitrogens with two attached hydrogens (primary N) is 1. The first-order valence-electron chi connectivity index (χ1n) is 16.9. The summed E-state index contributed by atoms with van der Waals surface area (Å²) >= 11 is 5.76. The third-order valence-electron chi connectivity index (χ3n) is 8.46. The fourth-order valence-corrected chi connectivity index (χ4v) is 6.93. The van der Waals surface area contributed by atoms with E-state index in [-0.39, 0.29) is 63.1 Å². The summed E-state index contributed by atoms with van der Waals surface area (Å²) in [5.74, 6) is 1.03. The quantitative estimate of drug-likeness (QED) is 0.0331. The number of esters is 1. The number of carbonyl (C=O) groups excluding carboxylic acids is 1. The summed E-state index contributed by atoms with van der Waals surface area (Å²) in [6.07, 6.45) is 1.19. The van der Waals surface area contributed by atoms with E-state index in [1.165, 1.54) is 29.0 Å². The minimum absolute atomic E-state index is 0. The Labute approximate surface area is 343 Å². The number of phenolic OH excluding ortho intramolecular Hbond substituents is 4. The van der Waals surface area contributed by atoms with Crippen LogP contribution in [0.1, 0.15) is 76.1 Å². The number of thiol groups is 1. The van der Waals surface area contributed by atoms with Crippen LogP contribution in [0.25, 0.3) is 21.2 Å². The number of para-hydroxylation sites is 2. The van der Waals surface area contributed by atoms with Gasteiger partial charge in [-0.05, 0) is 84.0 Å². The van der Waals surface area contributed by atoms with E-state index in [9.17, 15) is 19.8 Å². The standard InChI is InChI=1S/C16H15NO2S.C10H10O3.C10H8O3.C6H7NS.3CH4/c1-10(12-7-6-11(18)9-14(12)19)8-16-17-13-4-2-3-5-15(13)20-16;2*1-6-4-10(12)13-9-5-7(11)2-3-8(6)9;7-5-3-1-2-4-6(5)8;;;/h2-7,9-10,18-19H,8H2,1H3;2-3,5-6,11H,4H2,1H3;2-5,11H,1H3;1-4,8H,7H2;3*1H4. The van der Waals surface area contributed by atoms with Crippen molar-refractivity contribution in [1.82, 2.24) is 4.98 Å². The highest BCUT2D eigenvalue weighted by atomic mass is 32.1. The minimum atomic E-state index is -0.393. The third-order valence-corrected chi connectivity index (χ3v) is 9.93. The number of nitrogens with zero attached hydrogens (tertiary/aromatic N) is 1. The van der Waals surface area contributed by atoms with Crippen molar-refractivity contribution in [3.05, 3.63) is 141 Å². The van der Waals surface area contributed by atoms with Gasteiger partial charge in [0.15, 0.2) is 0 Å². The van der Waals surface area contributed by atoms with Gasteiger partial charge in [-0.25, -0.2) is 9.78 Å². The number of hydrogen-bond acceptors (Lipinski definition) is 12. The number of carbonyl (C=O) groups is 1. The van der Waals surface area contributed by atoms with Crippen molar-refractivity contribution in [1.29, 1.82) is 0 Å². The average molecular weight is 813 g/mol. The van der Waals surface area contributed by atoms with Crippen molar-refractivity contribution < 1.29 is 34.4 Å². The fourth-order valence-electron chi connectivity index (χ4n) is 5.67. The van der Waals surface area contributed by atoms with Crippen LogP contribution in [-0.4, -0.2) is 31.4 Å². The normalized spacial score (nSPS) is 12.8. The summed E-state index contributed by atoms with van der Waals surface area (Å²) in [5, 5.41) is 39.5. The molecule has 12 heteroatoms. The Morgan fingerprint density at radius 2 is 1.47 bits per heavy atom. The van der Waals surface area contributed by atoms with Gasteiger partial charge in [0.2, 0.25) is 0 Å². The van der Waals surface area contributed by atoms with Crippen molar-refractivity contribution in [3.63, 3.8) is 0 Å². The molecule has 7 aromatic rings. The molecule has 5 aromatic carbocycles. The molecule has 0 aliphatic carbocycles. The first-order valence-corrected chi connectivity index (χ1v) is 18.2. The summed E-state index contributed by atoms with van der Waals surface area (Å²) in [4.78, 5) is 27.5. The monoisotopic (exact) mass is 812 g/mol. The summed E-state index contributed by atoms with van der Waals surface area (Å²) in [7, 11) is 0. The molecular weight excluding hydrogens is 761 g/mol. The first kappa shape index (κ1) is 47.2. The molecule has 0 amide bonds. The van der Waals surface area contributed by atoms with Crippen molar-refractivity contribution in [2.24, 2.45) is 0 Å². The lowest BCUT2D eigenvalue weighted by molar-refractivity contribution is -0.135. The SMILES string of the molecule is C.C.C.CC(Cc1nc2ccccc2s1)c1ccc(O)cc1O.CC1CC(=O)Oc2cc(O)ccc21.Cc1cc(=O)oc2cc(O)ccc12.Nc1ccccc1S. The van der Waals surface area contributed by atoms with Crippen LogP contribution < -0.4 is 16.1 Å². The molecule has 0 saturated carbocycles. The molecule has 2 atom stereocenters. The number of rotatable bonds is 3. The van der Waals surface area contributed by atoms with Crippen LogP contribution >= 0.6 is 24.0 Å². The average Bonchev–Trinajstić information content (AvgIpc) is 3.52. The highest BCUT2D eigenvalue weighted by Gasteiger charge is 2.23. The highest BCUT2D eigenvalue weighted by Crippen LogP contribution is 2.36. The Morgan fingerprint density at radius 3 is 2.14 bits per heavy atom. The van der Waals surface area contributed by atoms with Gasteiger partial charge in [0.1, 0.15) is 34.3 Å². The predicted octanol–water partition coefficient (Wildman–Crippen LogP) is 11.1. The number of fused-ring (bicyclic) bond motifs is 3. The van der Waals surface area contributed by atoms with E-state index < -0.39 is 5.63 Å². The van der Waals surface area contributed by atoms with Gasteiger partial charge in [0.25, 0.3) is 0 Å². The topological polar surface area (TPSA) is 176 Å². The molecule has 0 bridgehead atoms. The molecule has 0 fully saturated rings. The predicted molar refractivity (Wildman–Crippen MR) is 235 cm³/mol. The number of thiazole rings is 1. The van der Waals surface area contributed by atoms with Crippen LogP contribution in [0.15, 0.2) is 123 Å². The molecule has 6 N–H and O–H groups in total. The van der Waals surface area contributed by atoms with E-state index in [0.29, 0.717) is 17.8 Å². The van der Waals surface area contributed by atoms with Crippen LogP contribution in [-0.2, 0) is 11.2 Å². The zero-order valence-corrected chi connectivity index (χ0v) is 31.5. The van der Waals surface area contributed by atoms with E-state index in [1.807, 2.05) is 56.3 Å². The number of ether oxygens (including phenoxy) is 1. The summed E-state index contributed by atoms with van der Waals surface area (Å²) in [6, 6.07) is 31.3. The smallest absolute Gasteiger partial charge is 0.336 e. The molecule has 0 radical (unpaired) electrons. The summed E-state index contributed by atoms with van der Waals surface area (Å²) in [6.45, 7) is 5.85. The molecule has 2 unspecified atom stereocenters. The second kappa shape index (κ2) is 21.4. The zero-order chi connectivity index (χ0) is 38.9. The lowest BCUT2D eigenvalue weighted by Gasteiger charge is -2.20. The first-order chi connectivity index (χ1) is 25.8. The van der Waals surface area contributed by atoms with E-state index in [4.69, 9.17) is 25.1 Å². The zero-order valence-electron chi connectivity index (χ0n) is 29.8. The second-order valence-electron chi connectivity index (χ2n) is 12.7. The van der Waals surface area contributed by atoms with E-state index in [2.05, 4.69) is 30.6 Å².